The maximum Gasteiger partial charge on any atom is 0.267 e. The van der Waals surface area contributed by atoms with Crippen LogP contribution < -0.4 is 10.9 Å². The first-order chi connectivity index (χ1) is 15.4. The Balaban J connectivity index is 1.74. The van der Waals surface area contributed by atoms with Gasteiger partial charge in [-0.2, -0.15) is 0 Å². The molecule has 5 aromatic rings. The molecule has 2 aromatic carbocycles. The number of imidazole rings is 1. The zero-order valence-electron chi connectivity index (χ0n) is 16.5. The molecule has 0 amide bonds. The minimum atomic E-state index is -0.746. The van der Waals surface area contributed by atoms with E-state index in [9.17, 15) is 13.6 Å². The largest absolute Gasteiger partial charge is 0.358 e. The third-order valence-electron chi connectivity index (χ3n) is 4.98. The molecule has 5 rings (SSSR count). The van der Waals surface area contributed by atoms with Crippen LogP contribution in [0.25, 0.3) is 27.8 Å². The second-order valence-electron chi connectivity index (χ2n) is 7.03. The number of hydrogen-bond donors (Lipinski definition) is 2. The Kier molecular flexibility index (Phi) is 4.78. The van der Waals surface area contributed by atoms with E-state index < -0.39 is 23.2 Å². The van der Waals surface area contributed by atoms with Crippen LogP contribution >= 0.6 is 11.6 Å². The van der Waals surface area contributed by atoms with Crippen LogP contribution in [0.3, 0.4) is 0 Å². The molecule has 1 atom stereocenters. The zero-order chi connectivity index (χ0) is 22.4. The van der Waals surface area contributed by atoms with E-state index in [-0.39, 0.29) is 27.4 Å². The summed E-state index contributed by atoms with van der Waals surface area (Å²) < 4.78 is 29.3. The lowest BCUT2D eigenvalue weighted by Crippen LogP contribution is -2.28. The number of benzene rings is 2. The first-order valence-electron chi connectivity index (χ1n) is 9.51. The van der Waals surface area contributed by atoms with Gasteiger partial charge in [0.05, 0.1) is 34.0 Å². The van der Waals surface area contributed by atoms with Crippen molar-refractivity contribution in [3.05, 3.63) is 81.9 Å². The first-order valence-corrected chi connectivity index (χ1v) is 9.89. The summed E-state index contributed by atoms with van der Waals surface area (Å²) in [4.78, 5) is 33.4. The van der Waals surface area contributed by atoms with E-state index in [1.807, 2.05) is 0 Å². The van der Waals surface area contributed by atoms with Crippen molar-refractivity contribution in [3.8, 4) is 5.69 Å². The fraction of sp³-hybridized carbons (Fsp3) is 0.0952. The highest BCUT2D eigenvalue weighted by atomic mass is 35.5. The summed E-state index contributed by atoms with van der Waals surface area (Å²) in [7, 11) is 0. The van der Waals surface area contributed by atoms with Crippen LogP contribution in [-0.4, -0.2) is 29.5 Å². The van der Waals surface area contributed by atoms with Gasteiger partial charge in [-0.15, -0.1) is 0 Å². The number of nitrogens with zero attached hydrogens (tertiary/aromatic N) is 5. The molecular formula is C21H14ClF2N7O. The predicted molar refractivity (Wildman–Crippen MR) is 116 cm³/mol. The van der Waals surface area contributed by atoms with Crippen molar-refractivity contribution in [2.24, 2.45) is 0 Å². The molecule has 160 valence electrons. The quantitative estimate of drug-likeness (QED) is 0.424. The Morgan fingerprint density at radius 1 is 1.16 bits per heavy atom. The monoisotopic (exact) mass is 453 g/mol. The Morgan fingerprint density at radius 2 is 2.00 bits per heavy atom. The highest BCUT2D eigenvalue weighted by molar-refractivity contribution is 6.35. The number of fused-ring (bicyclic) bond motifs is 2. The molecule has 1 unspecified atom stereocenters. The number of rotatable bonds is 4. The molecule has 0 fully saturated rings. The van der Waals surface area contributed by atoms with Gasteiger partial charge in [0.2, 0.25) is 0 Å². The number of aromatic nitrogens is 6. The molecule has 0 saturated heterocycles. The van der Waals surface area contributed by atoms with Crippen molar-refractivity contribution in [2.45, 2.75) is 13.0 Å². The first kappa shape index (κ1) is 20.0. The number of hydrogen-bond acceptors (Lipinski definition) is 6. The molecule has 0 aliphatic rings. The fourth-order valence-electron chi connectivity index (χ4n) is 3.52. The van der Waals surface area contributed by atoms with E-state index in [0.717, 1.165) is 6.07 Å². The number of H-pyrrole nitrogens is 1. The highest BCUT2D eigenvalue weighted by Crippen LogP contribution is 2.27. The third-order valence-corrected chi connectivity index (χ3v) is 5.35. The summed E-state index contributed by atoms with van der Waals surface area (Å²) in [6.07, 6.45) is 2.86. The van der Waals surface area contributed by atoms with Crippen molar-refractivity contribution in [2.75, 3.05) is 5.32 Å². The Bertz CT molecular complexity index is 1550. The van der Waals surface area contributed by atoms with E-state index in [4.69, 9.17) is 11.6 Å². The molecule has 0 bridgehead atoms. The predicted octanol–water partition coefficient (Wildman–Crippen LogP) is 4.16. The number of anilines is 1. The fourth-order valence-corrected chi connectivity index (χ4v) is 3.76. The van der Waals surface area contributed by atoms with Gasteiger partial charge in [0.1, 0.15) is 29.3 Å². The summed E-state index contributed by atoms with van der Waals surface area (Å²) >= 11 is 6.09. The molecule has 3 aromatic heterocycles. The van der Waals surface area contributed by atoms with E-state index in [0.29, 0.717) is 17.0 Å². The number of nitrogens with one attached hydrogen (secondary N) is 2. The van der Waals surface area contributed by atoms with Gasteiger partial charge in [0, 0.05) is 0 Å². The van der Waals surface area contributed by atoms with Gasteiger partial charge < -0.3 is 10.3 Å². The van der Waals surface area contributed by atoms with E-state index in [1.165, 1.54) is 41.5 Å². The molecule has 3 heterocycles. The van der Waals surface area contributed by atoms with Crippen molar-refractivity contribution < 1.29 is 8.78 Å². The van der Waals surface area contributed by atoms with Gasteiger partial charge in [-0.1, -0.05) is 17.7 Å². The molecule has 0 aliphatic heterocycles. The van der Waals surface area contributed by atoms with Crippen molar-refractivity contribution in [1.82, 2.24) is 29.5 Å². The van der Waals surface area contributed by atoms with Crippen LogP contribution in [0.2, 0.25) is 5.02 Å². The summed E-state index contributed by atoms with van der Waals surface area (Å²) in [5.74, 6) is -0.621. The van der Waals surface area contributed by atoms with Crippen molar-refractivity contribution >= 4 is 39.5 Å². The second-order valence-corrected chi connectivity index (χ2v) is 7.41. The van der Waals surface area contributed by atoms with Gasteiger partial charge in [0.25, 0.3) is 5.56 Å². The van der Waals surface area contributed by atoms with Gasteiger partial charge in [-0.05, 0) is 37.3 Å². The minimum Gasteiger partial charge on any atom is -0.358 e. The normalized spacial score (nSPS) is 12.4. The lowest BCUT2D eigenvalue weighted by Gasteiger charge is -2.20. The Labute approximate surface area is 184 Å². The third kappa shape index (κ3) is 3.25. The van der Waals surface area contributed by atoms with E-state index in [2.05, 4.69) is 30.2 Å². The van der Waals surface area contributed by atoms with Crippen LogP contribution in [0.5, 0.6) is 0 Å². The van der Waals surface area contributed by atoms with Crippen LogP contribution in [0, 0.1) is 11.6 Å². The topological polar surface area (TPSA) is 101 Å². The Morgan fingerprint density at radius 3 is 2.81 bits per heavy atom. The molecule has 0 spiro atoms. The molecule has 2 N–H and O–H groups in total. The van der Waals surface area contributed by atoms with Gasteiger partial charge >= 0.3 is 0 Å². The highest BCUT2D eigenvalue weighted by Gasteiger charge is 2.22. The van der Waals surface area contributed by atoms with Crippen LogP contribution in [0.15, 0.2) is 53.8 Å². The van der Waals surface area contributed by atoms with Gasteiger partial charge in [0.15, 0.2) is 11.5 Å². The summed E-state index contributed by atoms with van der Waals surface area (Å²) in [6.45, 7) is 1.76. The SMILES string of the molecule is CC(Nc1ncnc2[nH]cnc12)c1nc2ccc(F)c(Cl)c2c(=O)n1-c1cccc(F)c1. The summed E-state index contributed by atoms with van der Waals surface area (Å²) in [6, 6.07) is 7.39. The van der Waals surface area contributed by atoms with Gasteiger partial charge in [-0.3, -0.25) is 9.36 Å². The van der Waals surface area contributed by atoms with Gasteiger partial charge in [-0.25, -0.2) is 28.7 Å². The molecule has 8 nitrogen and oxygen atoms in total. The molecule has 11 heteroatoms. The maximum atomic E-state index is 14.1. The van der Waals surface area contributed by atoms with E-state index >= 15 is 0 Å². The van der Waals surface area contributed by atoms with Crippen LogP contribution in [0.4, 0.5) is 14.6 Å². The maximum absolute atomic E-state index is 14.1. The minimum absolute atomic E-state index is 0.0939. The molecular weight excluding hydrogens is 440 g/mol. The molecule has 0 saturated carbocycles. The molecule has 32 heavy (non-hydrogen) atoms. The van der Waals surface area contributed by atoms with Crippen LogP contribution in [-0.2, 0) is 0 Å². The van der Waals surface area contributed by atoms with Crippen molar-refractivity contribution in [1.29, 1.82) is 0 Å². The number of aromatic amines is 1. The van der Waals surface area contributed by atoms with E-state index in [1.54, 1.807) is 13.0 Å². The Hall–Kier alpha value is -3.92. The average Bonchev–Trinajstić information content (AvgIpc) is 3.26. The standard InChI is InChI=1S/C21H14ClF2N7O/c1-10(29-19-17-18(26-8-25-17)27-9-28-19)20-30-14-6-5-13(24)16(22)15(14)21(32)31(20)12-4-2-3-11(23)7-12/h2-10H,1H3,(H2,25,26,27,28,29). The molecule has 0 radical (unpaired) electrons. The summed E-state index contributed by atoms with van der Waals surface area (Å²) in [5.41, 5.74) is 0.850. The number of halogens is 3. The average molecular weight is 454 g/mol. The summed E-state index contributed by atoms with van der Waals surface area (Å²) in [5, 5.41) is 2.74. The second kappa shape index (κ2) is 7.65. The van der Waals surface area contributed by atoms with Crippen molar-refractivity contribution in [3.63, 3.8) is 0 Å². The molecule has 0 aliphatic carbocycles. The lowest BCUT2D eigenvalue weighted by atomic mass is 10.2. The smallest absolute Gasteiger partial charge is 0.267 e. The zero-order valence-corrected chi connectivity index (χ0v) is 17.2. The lowest BCUT2D eigenvalue weighted by molar-refractivity contribution is 0.624. The van der Waals surface area contributed by atoms with Crippen LogP contribution in [0.1, 0.15) is 18.8 Å².